The van der Waals surface area contributed by atoms with Gasteiger partial charge in [-0.25, -0.2) is 4.79 Å². The zero-order valence-electron chi connectivity index (χ0n) is 20.7. The van der Waals surface area contributed by atoms with Crippen LogP contribution in [0.5, 0.6) is 0 Å². The van der Waals surface area contributed by atoms with Crippen LogP contribution in [0.4, 0.5) is 4.79 Å². The molecule has 7 heteroatoms. The molecule has 1 aliphatic rings. The van der Waals surface area contributed by atoms with Crippen molar-refractivity contribution in [1.29, 1.82) is 0 Å². The van der Waals surface area contributed by atoms with Gasteiger partial charge in [-0.2, -0.15) is 0 Å². The first-order valence-corrected chi connectivity index (χ1v) is 11.4. The minimum absolute atomic E-state index is 0.0445. The highest BCUT2D eigenvalue weighted by molar-refractivity contribution is 5.69. The summed E-state index contributed by atoms with van der Waals surface area (Å²) in [4.78, 5) is 24.2. The number of ether oxygens (including phenoxy) is 3. The van der Waals surface area contributed by atoms with Gasteiger partial charge in [0.2, 0.25) is 0 Å². The van der Waals surface area contributed by atoms with Gasteiger partial charge in [-0.05, 0) is 59.3 Å². The second kappa shape index (κ2) is 18.4. The summed E-state index contributed by atoms with van der Waals surface area (Å²) in [5, 5.41) is 8.81. The number of likely N-dealkylation sites (N-methyl/N-ethyl adjacent to an activating group) is 1. The van der Waals surface area contributed by atoms with Crippen molar-refractivity contribution < 1.29 is 28.9 Å². The first kappa shape index (κ1) is 30.9. The molecule has 1 N–H and O–H groups in total. The molecule has 1 rings (SSSR count). The Hall–Kier alpha value is -1.34. The molecule has 0 aromatic rings. The molecule has 1 saturated carbocycles. The lowest BCUT2D eigenvalue weighted by Gasteiger charge is -2.30. The first-order chi connectivity index (χ1) is 14.1. The summed E-state index contributed by atoms with van der Waals surface area (Å²) in [5.74, 6) is -0.0445. The van der Waals surface area contributed by atoms with E-state index in [1.807, 2.05) is 41.5 Å². The molecular weight excluding hydrogens is 386 g/mol. The molecule has 0 spiro atoms. The van der Waals surface area contributed by atoms with Crippen LogP contribution in [0.15, 0.2) is 0 Å². The van der Waals surface area contributed by atoms with Gasteiger partial charge in [0, 0.05) is 27.2 Å². The normalized spacial score (nSPS) is 15.0. The zero-order chi connectivity index (χ0) is 23.6. The summed E-state index contributed by atoms with van der Waals surface area (Å²) in [6.45, 7) is 11.9. The highest BCUT2D eigenvalue weighted by atomic mass is 16.6. The third kappa shape index (κ3) is 16.5. The van der Waals surface area contributed by atoms with Gasteiger partial charge in [-0.15, -0.1) is 0 Å². The highest BCUT2D eigenvalue weighted by Gasteiger charge is 2.25. The van der Waals surface area contributed by atoms with Crippen LogP contribution < -0.4 is 0 Å². The number of aliphatic hydroxyl groups is 1. The molecule has 1 fully saturated rings. The van der Waals surface area contributed by atoms with Crippen molar-refractivity contribution in [2.75, 3.05) is 27.4 Å². The lowest BCUT2D eigenvalue weighted by Crippen LogP contribution is -2.43. The summed E-state index contributed by atoms with van der Waals surface area (Å²) in [6, 6.07) is -0.0676. The van der Waals surface area contributed by atoms with Crippen LogP contribution in [-0.2, 0) is 19.0 Å². The SMILES string of the molecule is CC.CCC(=O)OC1CCCCC1.COCC(CCCO)N(C)C(=O)OC(C)(C)C. The van der Waals surface area contributed by atoms with Gasteiger partial charge in [0.15, 0.2) is 0 Å². The molecule has 0 radical (unpaired) electrons. The Balaban J connectivity index is 0. The smallest absolute Gasteiger partial charge is 0.410 e. The van der Waals surface area contributed by atoms with E-state index in [1.165, 1.54) is 24.2 Å². The molecule has 0 aromatic carbocycles. The lowest BCUT2D eigenvalue weighted by molar-refractivity contribution is -0.150. The fourth-order valence-electron chi connectivity index (χ4n) is 2.84. The van der Waals surface area contributed by atoms with E-state index in [9.17, 15) is 9.59 Å². The van der Waals surface area contributed by atoms with Crippen molar-refractivity contribution in [3.8, 4) is 0 Å². The minimum atomic E-state index is -0.500. The van der Waals surface area contributed by atoms with Crippen molar-refractivity contribution in [3.63, 3.8) is 0 Å². The Labute approximate surface area is 184 Å². The minimum Gasteiger partial charge on any atom is -0.462 e. The van der Waals surface area contributed by atoms with Gasteiger partial charge in [-0.1, -0.05) is 27.2 Å². The summed E-state index contributed by atoms with van der Waals surface area (Å²) >= 11 is 0. The van der Waals surface area contributed by atoms with E-state index in [2.05, 4.69) is 0 Å². The van der Waals surface area contributed by atoms with E-state index < -0.39 is 5.60 Å². The standard InChI is InChI=1S/C12H25NO4.C9H16O2.C2H6/c1-12(2,3)17-11(15)13(4)10(9-16-5)7-6-8-14;1-2-9(10)11-8-6-4-3-5-7-8;1-2/h10,14H,6-9H2,1-5H3;8H,2-7H2,1H3;1-2H3. The number of esters is 1. The predicted molar refractivity (Wildman–Crippen MR) is 121 cm³/mol. The Bertz CT molecular complexity index is 430. The van der Waals surface area contributed by atoms with Gasteiger partial charge in [0.05, 0.1) is 12.6 Å². The summed E-state index contributed by atoms with van der Waals surface area (Å²) in [7, 11) is 3.28. The number of aliphatic hydroxyl groups excluding tert-OH is 1. The van der Waals surface area contributed by atoms with Gasteiger partial charge in [0.1, 0.15) is 11.7 Å². The third-order valence-electron chi connectivity index (χ3n) is 4.42. The maximum atomic E-state index is 11.8. The van der Waals surface area contributed by atoms with Gasteiger partial charge in [0.25, 0.3) is 0 Å². The quantitative estimate of drug-likeness (QED) is 0.546. The van der Waals surface area contributed by atoms with Crippen LogP contribution in [-0.4, -0.2) is 67.2 Å². The van der Waals surface area contributed by atoms with Crippen LogP contribution in [0.1, 0.15) is 92.9 Å². The van der Waals surface area contributed by atoms with Crippen LogP contribution >= 0.6 is 0 Å². The van der Waals surface area contributed by atoms with Crippen LogP contribution in [0.2, 0.25) is 0 Å². The number of hydrogen-bond donors (Lipinski definition) is 1. The molecule has 1 atom stereocenters. The summed E-state index contributed by atoms with van der Waals surface area (Å²) in [5.41, 5.74) is -0.500. The van der Waals surface area contributed by atoms with E-state index in [4.69, 9.17) is 19.3 Å². The Morgan fingerprint density at radius 1 is 1.13 bits per heavy atom. The number of nitrogens with zero attached hydrogens (tertiary/aromatic N) is 1. The van der Waals surface area contributed by atoms with Crippen LogP contribution in [0.3, 0.4) is 0 Å². The first-order valence-electron chi connectivity index (χ1n) is 11.4. The summed E-state index contributed by atoms with van der Waals surface area (Å²) in [6.07, 6.45) is 7.62. The lowest BCUT2D eigenvalue weighted by atomic mass is 9.98. The second-order valence-electron chi connectivity index (χ2n) is 8.17. The van der Waals surface area contributed by atoms with Crippen LogP contribution in [0, 0.1) is 0 Å². The van der Waals surface area contributed by atoms with Gasteiger partial charge in [-0.3, -0.25) is 4.79 Å². The number of amides is 1. The average Bonchev–Trinajstić information content (AvgIpc) is 2.72. The summed E-state index contributed by atoms with van der Waals surface area (Å²) < 4.78 is 15.5. The average molecular weight is 434 g/mol. The Kier molecular flexibility index (Phi) is 19.0. The monoisotopic (exact) mass is 433 g/mol. The molecule has 30 heavy (non-hydrogen) atoms. The van der Waals surface area contributed by atoms with Gasteiger partial charge < -0.3 is 24.2 Å². The molecule has 7 nitrogen and oxygen atoms in total. The molecule has 1 aliphatic carbocycles. The number of rotatable bonds is 8. The molecule has 0 saturated heterocycles. The molecule has 0 aromatic heterocycles. The van der Waals surface area contributed by atoms with Crippen molar-refractivity contribution in [3.05, 3.63) is 0 Å². The topological polar surface area (TPSA) is 85.3 Å². The highest BCUT2D eigenvalue weighted by Crippen LogP contribution is 2.20. The molecule has 0 heterocycles. The van der Waals surface area contributed by atoms with Crippen molar-refractivity contribution in [2.24, 2.45) is 0 Å². The molecule has 1 amide bonds. The van der Waals surface area contributed by atoms with Crippen molar-refractivity contribution >= 4 is 12.1 Å². The fraction of sp³-hybridized carbons (Fsp3) is 0.913. The van der Waals surface area contributed by atoms with E-state index in [1.54, 1.807) is 14.2 Å². The Morgan fingerprint density at radius 3 is 2.13 bits per heavy atom. The zero-order valence-corrected chi connectivity index (χ0v) is 20.7. The molecule has 1 unspecified atom stereocenters. The molecular formula is C23H47NO6. The number of methoxy groups -OCH3 is 1. The second-order valence-corrected chi connectivity index (χ2v) is 8.17. The Morgan fingerprint density at radius 2 is 1.70 bits per heavy atom. The fourth-order valence-corrected chi connectivity index (χ4v) is 2.84. The molecule has 0 aliphatic heterocycles. The maximum Gasteiger partial charge on any atom is 0.410 e. The number of hydrogen-bond acceptors (Lipinski definition) is 6. The molecule has 180 valence electrons. The van der Waals surface area contributed by atoms with E-state index >= 15 is 0 Å². The number of carbonyl (C=O) groups excluding carboxylic acids is 2. The molecule has 0 bridgehead atoms. The largest absolute Gasteiger partial charge is 0.462 e. The van der Waals surface area contributed by atoms with E-state index in [0.29, 0.717) is 25.9 Å². The van der Waals surface area contributed by atoms with E-state index in [-0.39, 0.29) is 30.8 Å². The third-order valence-corrected chi connectivity index (χ3v) is 4.42. The maximum absolute atomic E-state index is 11.8. The van der Waals surface area contributed by atoms with Crippen molar-refractivity contribution in [1.82, 2.24) is 4.90 Å². The van der Waals surface area contributed by atoms with Gasteiger partial charge >= 0.3 is 12.1 Å². The van der Waals surface area contributed by atoms with E-state index in [0.717, 1.165) is 12.8 Å². The predicted octanol–water partition coefficient (Wildman–Crippen LogP) is 4.94. The van der Waals surface area contributed by atoms with Crippen molar-refractivity contribution in [2.45, 2.75) is 111 Å². The van der Waals surface area contributed by atoms with Crippen LogP contribution in [0.25, 0.3) is 0 Å². The number of carbonyl (C=O) groups is 2.